The van der Waals surface area contributed by atoms with Gasteiger partial charge in [-0.3, -0.25) is 4.79 Å². The first-order valence-corrected chi connectivity index (χ1v) is 8.09. The van der Waals surface area contributed by atoms with Crippen molar-refractivity contribution in [3.63, 3.8) is 0 Å². The fourth-order valence-corrected chi connectivity index (χ4v) is 2.80. The minimum absolute atomic E-state index is 0.0233. The van der Waals surface area contributed by atoms with Crippen LogP contribution in [0, 0.1) is 25.2 Å². The van der Waals surface area contributed by atoms with Gasteiger partial charge in [-0.25, -0.2) is 0 Å². The summed E-state index contributed by atoms with van der Waals surface area (Å²) in [5, 5.41) is 12.7. The first-order chi connectivity index (χ1) is 11.3. The number of amides is 1. The van der Waals surface area contributed by atoms with Crippen molar-refractivity contribution in [2.24, 2.45) is 0 Å². The summed E-state index contributed by atoms with van der Waals surface area (Å²) in [6, 6.07) is 11.5. The number of halogens is 1. The van der Waals surface area contributed by atoms with Crippen molar-refractivity contribution >= 4 is 23.6 Å². The van der Waals surface area contributed by atoms with E-state index in [0.717, 1.165) is 22.6 Å². The number of hydrogen-bond donors (Lipinski definition) is 1. The van der Waals surface area contributed by atoms with E-state index < -0.39 is 0 Å². The van der Waals surface area contributed by atoms with E-state index in [1.807, 2.05) is 68.7 Å². The van der Waals surface area contributed by atoms with Gasteiger partial charge in [0.25, 0.3) is 5.91 Å². The molecule has 0 saturated carbocycles. The quantitative estimate of drug-likeness (QED) is 0.670. The van der Waals surface area contributed by atoms with Gasteiger partial charge in [-0.1, -0.05) is 23.7 Å². The molecule has 0 aliphatic rings. The lowest BCUT2D eigenvalue weighted by Crippen LogP contribution is -2.30. The van der Waals surface area contributed by atoms with Gasteiger partial charge in [-0.05, 0) is 57.5 Å². The molecular formula is C19H20ClN3O. The number of para-hydroxylation sites is 1. The van der Waals surface area contributed by atoms with Crippen molar-refractivity contribution in [2.45, 2.75) is 33.7 Å². The molecule has 1 aromatic heterocycles. The topological polar surface area (TPSA) is 57.8 Å². The van der Waals surface area contributed by atoms with Crippen molar-refractivity contribution in [2.75, 3.05) is 0 Å². The van der Waals surface area contributed by atoms with Crippen LogP contribution in [0.5, 0.6) is 0 Å². The van der Waals surface area contributed by atoms with Crippen LogP contribution in [-0.4, -0.2) is 16.5 Å². The number of benzene rings is 1. The number of aryl methyl sites for hydroxylation is 1. The smallest absolute Gasteiger partial charge is 0.262 e. The van der Waals surface area contributed by atoms with Crippen LogP contribution in [0.2, 0.25) is 5.02 Å². The first kappa shape index (κ1) is 17.8. The molecule has 124 valence electrons. The van der Waals surface area contributed by atoms with E-state index in [-0.39, 0.29) is 17.5 Å². The van der Waals surface area contributed by atoms with E-state index >= 15 is 0 Å². The van der Waals surface area contributed by atoms with Gasteiger partial charge >= 0.3 is 0 Å². The van der Waals surface area contributed by atoms with Gasteiger partial charge in [0.15, 0.2) is 0 Å². The first-order valence-electron chi connectivity index (χ1n) is 7.71. The molecule has 1 N–H and O–H groups in total. The van der Waals surface area contributed by atoms with E-state index in [0.29, 0.717) is 5.02 Å². The molecule has 0 aliphatic heterocycles. The van der Waals surface area contributed by atoms with E-state index in [4.69, 9.17) is 11.6 Å². The molecule has 0 fully saturated rings. The lowest BCUT2D eigenvalue weighted by Gasteiger charge is -2.11. The number of nitrogens with one attached hydrogen (secondary N) is 1. The standard InChI is InChI=1S/C19H20ClN3O/c1-12(2)22-19(24)16(11-21)10-15-9-13(3)23(14(15)4)18-8-6-5-7-17(18)20/h5-10,12H,1-4H3,(H,22,24)/b16-10-. The summed E-state index contributed by atoms with van der Waals surface area (Å²) in [5.41, 5.74) is 3.68. The normalized spacial score (nSPS) is 11.5. The molecular weight excluding hydrogens is 322 g/mol. The van der Waals surface area contributed by atoms with E-state index in [9.17, 15) is 10.1 Å². The molecule has 1 aromatic carbocycles. The molecule has 0 radical (unpaired) electrons. The largest absolute Gasteiger partial charge is 0.349 e. The van der Waals surface area contributed by atoms with E-state index in [1.165, 1.54) is 0 Å². The number of nitriles is 1. The van der Waals surface area contributed by atoms with Crippen molar-refractivity contribution in [1.29, 1.82) is 5.26 Å². The lowest BCUT2D eigenvalue weighted by molar-refractivity contribution is -0.117. The maximum absolute atomic E-state index is 12.1. The maximum atomic E-state index is 12.1. The Hall–Kier alpha value is -2.51. The van der Waals surface area contributed by atoms with Gasteiger partial charge in [0.05, 0.1) is 10.7 Å². The number of hydrogen-bond acceptors (Lipinski definition) is 2. The number of carbonyl (C=O) groups is 1. The number of aromatic nitrogens is 1. The highest BCUT2D eigenvalue weighted by Crippen LogP contribution is 2.27. The maximum Gasteiger partial charge on any atom is 0.262 e. The summed E-state index contributed by atoms with van der Waals surface area (Å²) in [6.45, 7) is 7.62. The number of nitrogens with zero attached hydrogens (tertiary/aromatic N) is 2. The third-order valence-corrected chi connectivity index (χ3v) is 3.97. The van der Waals surface area contributed by atoms with Crippen molar-refractivity contribution in [3.05, 3.63) is 57.9 Å². The summed E-state index contributed by atoms with van der Waals surface area (Å²) >= 11 is 6.30. The highest BCUT2D eigenvalue weighted by atomic mass is 35.5. The second-order valence-electron chi connectivity index (χ2n) is 5.91. The summed E-state index contributed by atoms with van der Waals surface area (Å²) < 4.78 is 2.02. The predicted molar refractivity (Wildman–Crippen MR) is 97.1 cm³/mol. The molecule has 5 heteroatoms. The van der Waals surface area contributed by atoms with E-state index in [1.54, 1.807) is 6.08 Å². The fraction of sp³-hybridized carbons (Fsp3) is 0.263. The average molecular weight is 342 g/mol. The summed E-state index contributed by atoms with van der Waals surface area (Å²) in [7, 11) is 0. The SMILES string of the molecule is Cc1cc(/C=C(/C#N)C(=O)NC(C)C)c(C)n1-c1ccccc1Cl. The second-order valence-corrected chi connectivity index (χ2v) is 6.32. The van der Waals surface area contributed by atoms with Gasteiger partial charge in [0, 0.05) is 17.4 Å². The highest BCUT2D eigenvalue weighted by molar-refractivity contribution is 6.32. The van der Waals surface area contributed by atoms with Crippen LogP contribution >= 0.6 is 11.6 Å². The average Bonchev–Trinajstić information content (AvgIpc) is 2.79. The third-order valence-electron chi connectivity index (χ3n) is 3.65. The molecule has 2 aromatic rings. The summed E-state index contributed by atoms with van der Waals surface area (Å²) in [4.78, 5) is 12.1. The minimum atomic E-state index is -0.366. The molecule has 0 unspecified atom stereocenters. The Kier molecular flexibility index (Phi) is 5.48. The highest BCUT2D eigenvalue weighted by Gasteiger charge is 2.15. The fourth-order valence-electron chi connectivity index (χ4n) is 2.58. The molecule has 0 saturated heterocycles. The Morgan fingerprint density at radius 1 is 1.33 bits per heavy atom. The number of carbonyl (C=O) groups excluding carboxylic acids is 1. The molecule has 0 bridgehead atoms. The van der Waals surface area contributed by atoms with Gasteiger partial charge in [-0.15, -0.1) is 0 Å². The van der Waals surface area contributed by atoms with Crippen molar-refractivity contribution in [1.82, 2.24) is 9.88 Å². The van der Waals surface area contributed by atoms with Crippen LogP contribution in [0.15, 0.2) is 35.9 Å². The Balaban J connectivity index is 2.49. The summed E-state index contributed by atoms with van der Waals surface area (Å²) in [6.07, 6.45) is 1.62. The molecule has 4 nitrogen and oxygen atoms in total. The van der Waals surface area contributed by atoms with Crippen LogP contribution in [0.4, 0.5) is 0 Å². The van der Waals surface area contributed by atoms with Crippen molar-refractivity contribution < 1.29 is 4.79 Å². The van der Waals surface area contributed by atoms with Gasteiger partial charge < -0.3 is 9.88 Å². The molecule has 2 rings (SSSR count). The zero-order valence-corrected chi connectivity index (χ0v) is 15.0. The predicted octanol–water partition coefficient (Wildman–Crippen LogP) is 4.18. The summed E-state index contributed by atoms with van der Waals surface area (Å²) in [5.74, 6) is -0.366. The van der Waals surface area contributed by atoms with E-state index in [2.05, 4.69) is 5.32 Å². The van der Waals surface area contributed by atoms with Gasteiger partial charge in [-0.2, -0.15) is 5.26 Å². The Morgan fingerprint density at radius 3 is 2.58 bits per heavy atom. The molecule has 0 spiro atoms. The zero-order chi connectivity index (χ0) is 17.9. The molecule has 1 amide bonds. The van der Waals surface area contributed by atoms with Gasteiger partial charge in [0.1, 0.15) is 11.6 Å². The minimum Gasteiger partial charge on any atom is -0.349 e. The van der Waals surface area contributed by atoms with Crippen LogP contribution < -0.4 is 5.32 Å². The van der Waals surface area contributed by atoms with Crippen LogP contribution in [-0.2, 0) is 4.79 Å². The van der Waals surface area contributed by atoms with Crippen LogP contribution in [0.1, 0.15) is 30.8 Å². The van der Waals surface area contributed by atoms with Crippen LogP contribution in [0.3, 0.4) is 0 Å². The monoisotopic (exact) mass is 341 g/mol. The Labute approximate surface area is 147 Å². The lowest BCUT2D eigenvalue weighted by atomic mass is 10.1. The Morgan fingerprint density at radius 2 is 2.00 bits per heavy atom. The molecule has 24 heavy (non-hydrogen) atoms. The third kappa shape index (κ3) is 3.69. The zero-order valence-electron chi connectivity index (χ0n) is 14.2. The second kappa shape index (κ2) is 7.37. The molecule has 1 heterocycles. The molecule has 0 atom stereocenters. The molecule has 0 aliphatic carbocycles. The Bertz CT molecular complexity index is 841. The number of rotatable bonds is 4. The van der Waals surface area contributed by atoms with Gasteiger partial charge in [0.2, 0.25) is 0 Å². The van der Waals surface area contributed by atoms with Crippen LogP contribution in [0.25, 0.3) is 11.8 Å². The van der Waals surface area contributed by atoms with Crippen molar-refractivity contribution in [3.8, 4) is 11.8 Å².